The Morgan fingerprint density at radius 3 is 3.08 bits per heavy atom. The molecule has 0 unspecified atom stereocenters. The molecule has 1 aromatic rings. The molecule has 66 valence electrons. The third kappa shape index (κ3) is 1.04. The fourth-order valence-corrected chi connectivity index (χ4v) is 2.29. The molecule has 1 heterocycles. The van der Waals surface area contributed by atoms with Crippen LogP contribution in [0.15, 0.2) is 24.3 Å². The highest BCUT2D eigenvalue weighted by Crippen LogP contribution is 2.40. The molecule has 1 aliphatic carbocycles. The first-order valence-corrected chi connectivity index (χ1v) is 4.73. The van der Waals surface area contributed by atoms with Crippen LogP contribution in [0.1, 0.15) is 17.2 Å². The van der Waals surface area contributed by atoms with Gasteiger partial charge in [0, 0.05) is 6.42 Å². The van der Waals surface area contributed by atoms with Gasteiger partial charge < -0.3 is 9.31 Å². The van der Waals surface area contributed by atoms with Gasteiger partial charge in [-0.3, -0.25) is 0 Å². The number of rotatable bonds is 0. The van der Waals surface area contributed by atoms with E-state index in [1.54, 1.807) is 0 Å². The highest BCUT2D eigenvalue weighted by Gasteiger charge is 2.42. The van der Waals surface area contributed by atoms with E-state index in [0.717, 1.165) is 6.42 Å². The van der Waals surface area contributed by atoms with Crippen LogP contribution >= 0.6 is 0 Å². The molecule has 2 atom stereocenters. The molecular formula is C10H11BO2. The molecule has 1 aromatic carbocycles. The zero-order valence-corrected chi connectivity index (χ0v) is 7.57. The monoisotopic (exact) mass is 174 g/mol. The summed E-state index contributed by atoms with van der Waals surface area (Å²) in [6, 6.07) is 8.43. The molecule has 2 nitrogen and oxygen atoms in total. The van der Waals surface area contributed by atoms with Gasteiger partial charge >= 0.3 is 7.12 Å². The third-order valence-corrected chi connectivity index (χ3v) is 2.83. The Balaban J connectivity index is 2.02. The van der Waals surface area contributed by atoms with Crippen LogP contribution < -0.4 is 0 Å². The summed E-state index contributed by atoms with van der Waals surface area (Å²) in [6.07, 6.45) is 1.45. The summed E-state index contributed by atoms with van der Waals surface area (Å²) < 4.78 is 11.3. The first-order chi connectivity index (χ1) is 6.34. The fraction of sp³-hybridized carbons (Fsp3) is 0.400. The quantitative estimate of drug-likeness (QED) is 0.558. The van der Waals surface area contributed by atoms with Gasteiger partial charge in [0.2, 0.25) is 0 Å². The van der Waals surface area contributed by atoms with Crippen molar-refractivity contribution in [3.05, 3.63) is 35.4 Å². The van der Waals surface area contributed by atoms with Gasteiger partial charge in [-0.05, 0) is 17.9 Å². The van der Waals surface area contributed by atoms with E-state index in [2.05, 4.69) is 24.3 Å². The molecule has 0 saturated carbocycles. The number of hydrogen-bond donors (Lipinski definition) is 0. The topological polar surface area (TPSA) is 18.5 Å². The number of benzene rings is 1. The van der Waals surface area contributed by atoms with Gasteiger partial charge in [-0.2, -0.15) is 0 Å². The maximum atomic E-state index is 5.69. The van der Waals surface area contributed by atoms with E-state index in [0.29, 0.717) is 0 Å². The van der Waals surface area contributed by atoms with Gasteiger partial charge in [-0.25, -0.2) is 0 Å². The lowest BCUT2D eigenvalue weighted by Gasteiger charge is -2.07. The van der Waals surface area contributed by atoms with Crippen LogP contribution in [0.3, 0.4) is 0 Å². The first-order valence-electron chi connectivity index (χ1n) is 4.73. The summed E-state index contributed by atoms with van der Waals surface area (Å²) in [5, 5.41) is 0. The van der Waals surface area contributed by atoms with Crippen LogP contribution in [0.25, 0.3) is 0 Å². The van der Waals surface area contributed by atoms with Crippen LogP contribution in [-0.2, 0) is 15.7 Å². The Hall–Kier alpha value is -0.795. The summed E-state index contributed by atoms with van der Waals surface area (Å²) in [5.41, 5.74) is 2.70. The normalized spacial score (nSPS) is 30.4. The second-order valence-electron chi connectivity index (χ2n) is 3.70. The summed E-state index contributed by atoms with van der Waals surface area (Å²) in [6.45, 7) is 1.96. The maximum absolute atomic E-state index is 5.69. The smallest absolute Gasteiger partial charge is 0.405 e. The van der Waals surface area contributed by atoms with Gasteiger partial charge in [0.25, 0.3) is 0 Å². The van der Waals surface area contributed by atoms with Crippen molar-refractivity contribution in [1.82, 2.24) is 0 Å². The van der Waals surface area contributed by atoms with E-state index in [4.69, 9.17) is 9.31 Å². The van der Waals surface area contributed by atoms with Gasteiger partial charge in [-0.15, -0.1) is 0 Å². The molecule has 0 N–H and O–H groups in total. The van der Waals surface area contributed by atoms with Crippen molar-refractivity contribution >= 4 is 7.12 Å². The zero-order chi connectivity index (χ0) is 8.84. The average molecular weight is 174 g/mol. The maximum Gasteiger partial charge on any atom is 0.454 e. The Morgan fingerprint density at radius 2 is 2.15 bits per heavy atom. The molecule has 1 fully saturated rings. The molecule has 0 aromatic heterocycles. The Morgan fingerprint density at radius 1 is 1.31 bits per heavy atom. The Labute approximate surface area is 78.0 Å². The van der Waals surface area contributed by atoms with Crippen molar-refractivity contribution in [3.63, 3.8) is 0 Å². The first kappa shape index (κ1) is 7.59. The summed E-state index contributed by atoms with van der Waals surface area (Å²) in [4.78, 5) is 0. The fourth-order valence-electron chi connectivity index (χ4n) is 2.29. The van der Waals surface area contributed by atoms with Crippen molar-refractivity contribution in [1.29, 1.82) is 0 Å². The van der Waals surface area contributed by atoms with Gasteiger partial charge in [0.05, 0.1) is 12.2 Å². The van der Waals surface area contributed by atoms with E-state index < -0.39 is 0 Å². The predicted octanol–water partition coefficient (Wildman–Crippen LogP) is 1.82. The zero-order valence-electron chi connectivity index (χ0n) is 7.57. The van der Waals surface area contributed by atoms with Gasteiger partial charge in [-0.1, -0.05) is 24.3 Å². The standard InChI is InChI=1S/C10H11BO2/c1-11-12-9-6-7-4-2-3-5-8(7)10(9)13-11/h2-5,9-10H,6H2,1H3/t9-,10+/m0/s1. The predicted molar refractivity (Wildman–Crippen MR) is 50.5 cm³/mol. The van der Waals surface area contributed by atoms with Crippen LogP contribution in [0.2, 0.25) is 6.82 Å². The molecule has 0 radical (unpaired) electrons. The lowest BCUT2D eigenvalue weighted by Crippen LogP contribution is -2.12. The molecule has 1 aliphatic heterocycles. The molecule has 0 amide bonds. The second kappa shape index (κ2) is 2.60. The molecule has 3 heteroatoms. The minimum Gasteiger partial charge on any atom is -0.405 e. The van der Waals surface area contributed by atoms with E-state index >= 15 is 0 Å². The van der Waals surface area contributed by atoms with Crippen LogP contribution in [0.4, 0.5) is 0 Å². The van der Waals surface area contributed by atoms with Crippen molar-refractivity contribution in [2.24, 2.45) is 0 Å². The minimum atomic E-state index is -0.0386. The Kier molecular flexibility index (Phi) is 1.52. The second-order valence-corrected chi connectivity index (χ2v) is 3.70. The molecule has 3 rings (SSSR count). The molecule has 0 spiro atoms. The summed E-state index contributed by atoms with van der Waals surface area (Å²) in [5.74, 6) is 0. The molecule has 1 saturated heterocycles. The van der Waals surface area contributed by atoms with Gasteiger partial charge in [0.1, 0.15) is 0 Å². The third-order valence-electron chi connectivity index (χ3n) is 2.83. The summed E-state index contributed by atoms with van der Waals surface area (Å²) >= 11 is 0. The van der Waals surface area contributed by atoms with E-state index in [1.165, 1.54) is 11.1 Å². The minimum absolute atomic E-state index is 0.0386. The highest BCUT2D eigenvalue weighted by atomic mass is 16.7. The van der Waals surface area contributed by atoms with Crippen LogP contribution in [0.5, 0.6) is 0 Å². The molecular weight excluding hydrogens is 163 g/mol. The van der Waals surface area contributed by atoms with E-state index in [1.807, 2.05) is 6.82 Å². The lowest BCUT2D eigenvalue weighted by atomic mass is 9.96. The van der Waals surface area contributed by atoms with Crippen LogP contribution in [0, 0.1) is 0 Å². The SMILES string of the molecule is CB1O[C@H]2Cc3ccccc3[C@H]2O1. The van der Waals surface area contributed by atoms with Crippen LogP contribution in [-0.4, -0.2) is 13.2 Å². The Bertz CT molecular complexity index is 339. The summed E-state index contributed by atoms with van der Waals surface area (Å²) in [7, 11) is -0.0386. The number of fused-ring (bicyclic) bond motifs is 3. The van der Waals surface area contributed by atoms with Gasteiger partial charge in [0.15, 0.2) is 0 Å². The van der Waals surface area contributed by atoms with Crippen molar-refractivity contribution in [3.8, 4) is 0 Å². The van der Waals surface area contributed by atoms with Crippen molar-refractivity contribution < 1.29 is 9.31 Å². The van der Waals surface area contributed by atoms with Crippen molar-refractivity contribution in [2.75, 3.05) is 0 Å². The van der Waals surface area contributed by atoms with E-state index in [9.17, 15) is 0 Å². The molecule has 0 bridgehead atoms. The number of hydrogen-bond acceptors (Lipinski definition) is 2. The average Bonchev–Trinajstić information content (AvgIpc) is 2.60. The van der Waals surface area contributed by atoms with Crippen molar-refractivity contribution in [2.45, 2.75) is 25.5 Å². The molecule has 2 aliphatic rings. The highest BCUT2D eigenvalue weighted by molar-refractivity contribution is 6.43. The molecule has 13 heavy (non-hydrogen) atoms. The van der Waals surface area contributed by atoms with E-state index in [-0.39, 0.29) is 19.3 Å². The lowest BCUT2D eigenvalue weighted by molar-refractivity contribution is 0.176. The largest absolute Gasteiger partial charge is 0.454 e.